The zero-order valence-electron chi connectivity index (χ0n) is 15.8. The van der Waals surface area contributed by atoms with Crippen LogP contribution in [-0.2, 0) is 15.9 Å². The molecule has 0 atom stereocenters. The molecule has 0 radical (unpaired) electrons. The second kappa shape index (κ2) is 9.54. The van der Waals surface area contributed by atoms with Crippen molar-refractivity contribution in [2.45, 2.75) is 64.6 Å². The zero-order valence-corrected chi connectivity index (χ0v) is 15.8. The van der Waals surface area contributed by atoms with Crippen molar-refractivity contribution >= 4 is 0 Å². The summed E-state index contributed by atoms with van der Waals surface area (Å²) in [4.78, 5) is 0. The Kier molecular flexibility index (Phi) is 7.12. The van der Waals surface area contributed by atoms with Gasteiger partial charge in [0.15, 0.2) is 6.29 Å². The molecule has 1 heterocycles. The van der Waals surface area contributed by atoms with Crippen LogP contribution >= 0.6 is 0 Å². The number of rotatable bonds is 7. The fourth-order valence-electron chi connectivity index (χ4n) is 4.34. The first-order chi connectivity index (χ1) is 12.3. The van der Waals surface area contributed by atoms with E-state index in [1.165, 1.54) is 44.1 Å². The molecular weight excluding hydrogens is 308 g/mol. The van der Waals surface area contributed by atoms with Crippen LogP contribution in [0.2, 0.25) is 0 Å². The molecular formula is C23H34O2. The van der Waals surface area contributed by atoms with Crippen LogP contribution < -0.4 is 0 Å². The van der Waals surface area contributed by atoms with E-state index in [2.05, 4.69) is 37.8 Å². The van der Waals surface area contributed by atoms with Crippen molar-refractivity contribution in [2.75, 3.05) is 13.2 Å². The van der Waals surface area contributed by atoms with Crippen molar-refractivity contribution in [3.05, 3.63) is 48.0 Å². The summed E-state index contributed by atoms with van der Waals surface area (Å²) in [6.45, 7) is 7.82. The van der Waals surface area contributed by atoms with Gasteiger partial charge in [0.2, 0.25) is 0 Å². The van der Waals surface area contributed by atoms with E-state index >= 15 is 0 Å². The number of ether oxygens (including phenoxy) is 2. The monoisotopic (exact) mass is 342 g/mol. The number of unbranched alkanes of at least 4 members (excludes halogenated alkanes) is 1. The SMILES string of the molecule is C=CCCCc1ccc(C2OCC(C3CCC(CC)CC3)CO2)cc1. The van der Waals surface area contributed by atoms with Crippen molar-refractivity contribution < 1.29 is 9.47 Å². The van der Waals surface area contributed by atoms with Gasteiger partial charge in [-0.25, -0.2) is 0 Å². The number of allylic oxidation sites excluding steroid dienone is 1. The fourth-order valence-corrected chi connectivity index (χ4v) is 4.34. The normalized spacial score (nSPS) is 30.1. The third-order valence-corrected chi connectivity index (χ3v) is 6.18. The van der Waals surface area contributed by atoms with Crippen LogP contribution in [0.4, 0.5) is 0 Å². The predicted molar refractivity (Wildman–Crippen MR) is 103 cm³/mol. The lowest BCUT2D eigenvalue weighted by Crippen LogP contribution is -2.34. The lowest BCUT2D eigenvalue weighted by atomic mass is 9.75. The second-order valence-electron chi connectivity index (χ2n) is 7.87. The standard InChI is InChI=1S/C23H34O2/c1-3-5-6-7-19-10-14-21(15-11-19)23-24-16-22(17-25-23)20-12-8-18(4-2)9-13-20/h3,10-11,14-15,18,20,22-23H,1,4-9,12-13,16-17H2,2H3. The topological polar surface area (TPSA) is 18.5 Å². The quantitative estimate of drug-likeness (QED) is 0.442. The number of hydrogen-bond donors (Lipinski definition) is 0. The van der Waals surface area contributed by atoms with Gasteiger partial charge in [0.1, 0.15) is 0 Å². The summed E-state index contributed by atoms with van der Waals surface area (Å²) < 4.78 is 12.2. The van der Waals surface area contributed by atoms with Gasteiger partial charge in [0, 0.05) is 11.5 Å². The third-order valence-electron chi connectivity index (χ3n) is 6.18. The molecule has 1 aliphatic carbocycles. The summed E-state index contributed by atoms with van der Waals surface area (Å²) in [7, 11) is 0. The van der Waals surface area contributed by atoms with Crippen LogP contribution in [0, 0.1) is 17.8 Å². The van der Waals surface area contributed by atoms with Gasteiger partial charge in [-0.2, -0.15) is 0 Å². The highest BCUT2D eigenvalue weighted by Gasteiger charge is 2.31. The van der Waals surface area contributed by atoms with Gasteiger partial charge < -0.3 is 9.47 Å². The molecule has 0 aromatic heterocycles. The highest BCUT2D eigenvalue weighted by Crippen LogP contribution is 2.38. The fraction of sp³-hybridized carbons (Fsp3) is 0.652. The summed E-state index contributed by atoms with van der Waals surface area (Å²) in [5.74, 6) is 2.35. The maximum absolute atomic E-state index is 6.09. The van der Waals surface area contributed by atoms with E-state index in [9.17, 15) is 0 Å². The first-order valence-electron chi connectivity index (χ1n) is 10.2. The van der Waals surface area contributed by atoms with Crippen LogP contribution in [0.15, 0.2) is 36.9 Å². The van der Waals surface area contributed by atoms with E-state index in [4.69, 9.17) is 9.47 Å². The van der Waals surface area contributed by atoms with Crippen LogP contribution in [0.3, 0.4) is 0 Å². The summed E-state index contributed by atoms with van der Waals surface area (Å²) in [5.41, 5.74) is 2.53. The van der Waals surface area contributed by atoms with E-state index in [-0.39, 0.29) is 6.29 Å². The minimum atomic E-state index is -0.176. The van der Waals surface area contributed by atoms with E-state index in [0.717, 1.165) is 43.5 Å². The first-order valence-corrected chi connectivity index (χ1v) is 10.2. The molecule has 0 spiro atoms. The van der Waals surface area contributed by atoms with Crippen molar-refractivity contribution in [1.82, 2.24) is 0 Å². The summed E-state index contributed by atoms with van der Waals surface area (Å²) >= 11 is 0. The van der Waals surface area contributed by atoms with Crippen molar-refractivity contribution in [3.8, 4) is 0 Å². The molecule has 0 amide bonds. The van der Waals surface area contributed by atoms with Gasteiger partial charge in [0.25, 0.3) is 0 Å². The molecule has 2 aliphatic rings. The molecule has 2 nitrogen and oxygen atoms in total. The van der Waals surface area contributed by atoms with Gasteiger partial charge in [0.05, 0.1) is 13.2 Å². The van der Waals surface area contributed by atoms with Gasteiger partial charge >= 0.3 is 0 Å². The number of benzene rings is 1. The molecule has 138 valence electrons. The molecule has 25 heavy (non-hydrogen) atoms. The number of aryl methyl sites for hydroxylation is 1. The molecule has 0 N–H and O–H groups in total. The molecule has 2 heteroatoms. The molecule has 1 aromatic carbocycles. The number of hydrogen-bond acceptors (Lipinski definition) is 2. The highest BCUT2D eigenvalue weighted by atomic mass is 16.7. The second-order valence-corrected chi connectivity index (χ2v) is 7.87. The van der Waals surface area contributed by atoms with Crippen LogP contribution in [0.1, 0.15) is 69.3 Å². The largest absolute Gasteiger partial charge is 0.348 e. The van der Waals surface area contributed by atoms with E-state index < -0.39 is 0 Å². The Morgan fingerprint density at radius 2 is 1.68 bits per heavy atom. The Bertz CT molecular complexity index is 505. The Labute approximate surface area is 153 Å². The molecule has 1 aromatic rings. The zero-order chi connectivity index (χ0) is 17.5. The average molecular weight is 343 g/mol. The van der Waals surface area contributed by atoms with Crippen LogP contribution in [0.25, 0.3) is 0 Å². The summed E-state index contributed by atoms with van der Waals surface area (Å²) in [5, 5.41) is 0. The molecule has 2 fully saturated rings. The van der Waals surface area contributed by atoms with Crippen molar-refractivity contribution in [1.29, 1.82) is 0 Å². The predicted octanol–water partition coefficient (Wildman–Crippen LogP) is 6.07. The maximum Gasteiger partial charge on any atom is 0.183 e. The van der Waals surface area contributed by atoms with E-state index in [0.29, 0.717) is 5.92 Å². The Morgan fingerprint density at radius 1 is 1.00 bits per heavy atom. The van der Waals surface area contributed by atoms with Gasteiger partial charge in [-0.15, -0.1) is 6.58 Å². The molecule has 1 aliphatic heterocycles. The maximum atomic E-state index is 6.09. The first kappa shape index (κ1) is 18.7. The Morgan fingerprint density at radius 3 is 2.28 bits per heavy atom. The molecule has 0 bridgehead atoms. The Hall–Kier alpha value is -1.12. The smallest absolute Gasteiger partial charge is 0.183 e. The molecule has 3 rings (SSSR count). The van der Waals surface area contributed by atoms with Gasteiger partial charge in [-0.3, -0.25) is 0 Å². The summed E-state index contributed by atoms with van der Waals surface area (Å²) in [6.07, 6.45) is 12.0. The minimum Gasteiger partial charge on any atom is -0.348 e. The van der Waals surface area contributed by atoms with Crippen LogP contribution in [0.5, 0.6) is 0 Å². The van der Waals surface area contributed by atoms with E-state index in [1.807, 2.05) is 6.08 Å². The summed E-state index contributed by atoms with van der Waals surface area (Å²) in [6, 6.07) is 8.76. The lowest BCUT2D eigenvalue weighted by Gasteiger charge is -2.37. The van der Waals surface area contributed by atoms with Crippen LogP contribution in [-0.4, -0.2) is 13.2 Å². The van der Waals surface area contributed by atoms with Gasteiger partial charge in [-0.05, 0) is 49.5 Å². The molecule has 0 unspecified atom stereocenters. The molecule has 1 saturated heterocycles. The van der Waals surface area contributed by atoms with Crippen molar-refractivity contribution in [2.24, 2.45) is 17.8 Å². The lowest BCUT2D eigenvalue weighted by molar-refractivity contribution is -0.214. The molecule has 1 saturated carbocycles. The van der Waals surface area contributed by atoms with Crippen molar-refractivity contribution in [3.63, 3.8) is 0 Å². The van der Waals surface area contributed by atoms with E-state index in [1.54, 1.807) is 0 Å². The average Bonchev–Trinajstić information content (AvgIpc) is 2.69. The van der Waals surface area contributed by atoms with Gasteiger partial charge in [-0.1, -0.05) is 56.5 Å². The third kappa shape index (κ3) is 5.18. The minimum absolute atomic E-state index is 0.176. The highest BCUT2D eigenvalue weighted by molar-refractivity contribution is 5.23. The Balaban J connectivity index is 1.45.